The van der Waals surface area contributed by atoms with Crippen LogP contribution in [0, 0.1) is 21.3 Å². The van der Waals surface area contributed by atoms with Crippen LogP contribution in [-0.4, -0.2) is 16.8 Å². The molecule has 0 aromatic heterocycles. The largest absolute Gasteiger partial charge is 0.481 e. The molecule has 0 bridgehead atoms. The Morgan fingerprint density at radius 1 is 1.53 bits per heavy atom. The van der Waals surface area contributed by atoms with Gasteiger partial charge in [-0.05, 0) is 35.8 Å². The highest BCUT2D eigenvalue weighted by Gasteiger charge is 2.50. The molecule has 0 saturated heterocycles. The monoisotopic (exact) mass is 331 g/mol. The van der Waals surface area contributed by atoms with E-state index in [2.05, 4.69) is 15.9 Å². The molecule has 19 heavy (non-hydrogen) atoms. The van der Waals surface area contributed by atoms with Crippen molar-refractivity contribution in [3.63, 3.8) is 0 Å². The van der Waals surface area contributed by atoms with E-state index >= 15 is 0 Å². The Morgan fingerprint density at radius 3 is 2.63 bits per heavy atom. The van der Waals surface area contributed by atoms with Crippen molar-refractivity contribution in [3.05, 3.63) is 32.5 Å². The fraction of sp³-hybridized carbons (Fsp3) is 0.417. The Morgan fingerprint density at radius 2 is 2.16 bits per heavy atom. The summed E-state index contributed by atoms with van der Waals surface area (Å²) in [5.74, 6) is -0.731. The van der Waals surface area contributed by atoms with Crippen molar-refractivity contribution in [2.45, 2.75) is 26.4 Å². The molecule has 7 heteroatoms. The second-order valence-electron chi connectivity index (χ2n) is 4.95. The van der Waals surface area contributed by atoms with E-state index in [4.69, 9.17) is 4.74 Å². The fourth-order valence-corrected chi connectivity index (χ4v) is 2.38. The number of hydrogen-bond acceptors (Lipinski definition) is 4. The molecule has 1 aromatic carbocycles. The maximum absolute atomic E-state index is 13.2. The first-order valence-corrected chi connectivity index (χ1v) is 6.36. The van der Waals surface area contributed by atoms with Gasteiger partial charge < -0.3 is 4.74 Å². The molecule has 1 saturated carbocycles. The van der Waals surface area contributed by atoms with Gasteiger partial charge in [-0.1, -0.05) is 0 Å². The van der Waals surface area contributed by atoms with E-state index in [1.807, 2.05) is 0 Å². The van der Waals surface area contributed by atoms with E-state index < -0.39 is 27.9 Å². The third-order valence-corrected chi connectivity index (χ3v) is 3.93. The molecule has 102 valence electrons. The van der Waals surface area contributed by atoms with Gasteiger partial charge in [0.05, 0.1) is 20.9 Å². The summed E-state index contributed by atoms with van der Waals surface area (Å²) in [6.45, 7) is 3.43. The Hall–Kier alpha value is -1.50. The number of carbonyl (C=O) groups is 1. The number of nitro benzene ring substituents is 1. The van der Waals surface area contributed by atoms with Gasteiger partial charge in [-0.15, -0.1) is 0 Å². The second kappa shape index (κ2) is 4.56. The number of ether oxygens (including phenoxy) is 1. The maximum atomic E-state index is 13.2. The number of hydrogen-bond donors (Lipinski definition) is 0. The van der Waals surface area contributed by atoms with E-state index in [1.165, 1.54) is 0 Å². The topological polar surface area (TPSA) is 69.4 Å². The van der Waals surface area contributed by atoms with Gasteiger partial charge in [0.1, 0.15) is 17.7 Å². The van der Waals surface area contributed by atoms with E-state index in [0.29, 0.717) is 0 Å². The highest BCUT2D eigenvalue weighted by Crippen LogP contribution is 2.44. The second-order valence-corrected chi connectivity index (χ2v) is 5.80. The van der Waals surface area contributed by atoms with Crippen LogP contribution in [-0.2, 0) is 4.79 Å². The molecular weight excluding hydrogens is 321 g/mol. The summed E-state index contributed by atoms with van der Waals surface area (Å²) in [6.07, 6.45) is -0.242. The van der Waals surface area contributed by atoms with Crippen molar-refractivity contribution in [1.82, 2.24) is 0 Å². The predicted octanol–water partition coefficient (Wildman–Crippen LogP) is 3.24. The van der Waals surface area contributed by atoms with Crippen LogP contribution in [0.25, 0.3) is 0 Å². The Balaban J connectivity index is 2.35. The van der Waals surface area contributed by atoms with Gasteiger partial charge in [0.25, 0.3) is 0 Å². The minimum absolute atomic E-state index is 0.0402. The normalized spacial score (nSPS) is 20.8. The highest BCUT2D eigenvalue weighted by atomic mass is 79.9. The van der Waals surface area contributed by atoms with Crippen molar-refractivity contribution in [2.75, 3.05) is 0 Å². The van der Waals surface area contributed by atoms with Crippen molar-refractivity contribution in [2.24, 2.45) is 5.41 Å². The van der Waals surface area contributed by atoms with Gasteiger partial charge in [-0.2, -0.15) is 0 Å². The molecule has 5 nitrogen and oxygen atoms in total. The van der Waals surface area contributed by atoms with Gasteiger partial charge in [0.15, 0.2) is 0 Å². The minimum atomic E-state index is -0.727. The number of rotatable bonds is 3. The molecule has 0 heterocycles. The molecule has 0 radical (unpaired) electrons. The number of Topliss-reactive ketones (excluding diaryl/α,β-unsaturated/α-hetero) is 1. The van der Waals surface area contributed by atoms with E-state index in [0.717, 1.165) is 12.1 Å². The zero-order valence-corrected chi connectivity index (χ0v) is 11.9. The SMILES string of the molecule is CC1(C)C(=O)CC1Oc1c(Br)cc(F)cc1[N+](=O)[O-]. The lowest BCUT2D eigenvalue weighted by molar-refractivity contribution is -0.386. The third kappa shape index (κ3) is 2.34. The predicted molar refractivity (Wildman–Crippen MR) is 68.6 cm³/mol. The van der Waals surface area contributed by atoms with Crippen LogP contribution < -0.4 is 4.74 Å². The highest BCUT2D eigenvalue weighted by molar-refractivity contribution is 9.10. The van der Waals surface area contributed by atoms with Crippen molar-refractivity contribution >= 4 is 27.4 Å². The molecule has 1 aliphatic carbocycles. The molecule has 1 unspecified atom stereocenters. The smallest absolute Gasteiger partial charge is 0.315 e. The van der Waals surface area contributed by atoms with Gasteiger partial charge in [0.2, 0.25) is 5.75 Å². The lowest BCUT2D eigenvalue weighted by Gasteiger charge is -2.41. The zero-order chi connectivity index (χ0) is 14.4. The van der Waals surface area contributed by atoms with Crippen LogP contribution in [0.3, 0.4) is 0 Å². The van der Waals surface area contributed by atoms with Crippen LogP contribution in [0.1, 0.15) is 20.3 Å². The van der Waals surface area contributed by atoms with Crippen LogP contribution in [0.15, 0.2) is 16.6 Å². The number of ketones is 1. The molecule has 0 N–H and O–H groups in total. The standard InChI is InChI=1S/C12H11BrFNO4/c1-12(2)9(16)5-10(12)19-11-7(13)3-6(14)4-8(11)15(17)18/h3-4,10H,5H2,1-2H3. The summed E-state index contributed by atoms with van der Waals surface area (Å²) in [5.41, 5.74) is -1.14. The Labute approximate surface area is 117 Å². The molecule has 0 amide bonds. The first-order valence-electron chi connectivity index (χ1n) is 5.57. The van der Waals surface area contributed by atoms with Crippen molar-refractivity contribution in [3.8, 4) is 5.75 Å². The molecule has 1 atom stereocenters. The molecule has 1 aliphatic rings. The first-order chi connectivity index (χ1) is 8.73. The van der Waals surface area contributed by atoms with E-state index in [-0.39, 0.29) is 22.4 Å². The van der Waals surface area contributed by atoms with Crippen LogP contribution in [0.2, 0.25) is 0 Å². The van der Waals surface area contributed by atoms with Crippen LogP contribution >= 0.6 is 15.9 Å². The molecule has 1 aromatic rings. The molecule has 2 rings (SSSR count). The zero-order valence-electron chi connectivity index (χ0n) is 10.3. The van der Waals surface area contributed by atoms with Gasteiger partial charge in [-0.3, -0.25) is 14.9 Å². The average Bonchev–Trinajstić information content (AvgIpc) is 2.30. The summed E-state index contributed by atoms with van der Waals surface area (Å²) >= 11 is 3.05. The average molecular weight is 332 g/mol. The lowest BCUT2D eigenvalue weighted by Crippen LogP contribution is -2.53. The maximum Gasteiger partial charge on any atom is 0.315 e. The third-order valence-electron chi connectivity index (χ3n) is 3.34. The number of halogens is 2. The van der Waals surface area contributed by atoms with E-state index in [1.54, 1.807) is 13.8 Å². The summed E-state index contributed by atoms with van der Waals surface area (Å²) in [5, 5.41) is 10.9. The number of nitro groups is 1. The van der Waals surface area contributed by atoms with Crippen molar-refractivity contribution < 1.29 is 18.8 Å². The summed E-state index contributed by atoms with van der Waals surface area (Å²) in [7, 11) is 0. The molecule has 0 aliphatic heterocycles. The summed E-state index contributed by atoms with van der Waals surface area (Å²) < 4.78 is 18.9. The van der Waals surface area contributed by atoms with Gasteiger partial charge in [0, 0.05) is 6.42 Å². The van der Waals surface area contributed by atoms with E-state index in [9.17, 15) is 19.3 Å². The Bertz CT molecular complexity index is 573. The van der Waals surface area contributed by atoms with Gasteiger partial charge in [-0.25, -0.2) is 4.39 Å². The number of nitrogens with zero attached hydrogens (tertiary/aromatic N) is 1. The summed E-state index contributed by atoms with van der Waals surface area (Å²) in [4.78, 5) is 21.6. The first kappa shape index (κ1) is 13.9. The quantitative estimate of drug-likeness (QED) is 0.629. The lowest BCUT2D eigenvalue weighted by atomic mass is 9.68. The minimum Gasteiger partial charge on any atom is -0.481 e. The fourth-order valence-electron chi connectivity index (χ4n) is 1.87. The van der Waals surface area contributed by atoms with Crippen LogP contribution in [0.5, 0.6) is 5.75 Å². The molecular formula is C12H11BrFNO4. The van der Waals surface area contributed by atoms with Crippen molar-refractivity contribution in [1.29, 1.82) is 0 Å². The summed E-state index contributed by atoms with van der Waals surface area (Å²) in [6, 6.07) is 1.89. The molecule has 0 spiro atoms. The number of carbonyl (C=O) groups excluding carboxylic acids is 1. The van der Waals surface area contributed by atoms with Gasteiger partial charge >= 0.3 is 5.69 Å². The molecule has 1 fully saturated rings. The number of benzene rings is 1. The van der Waals surface area contributed by atoms with Crippen LogP contribution in [0.4, 0.5) is 10.1 Å². The Kier molecular flexibility index (Phi) is 3.34.